The average Bonchev–Trinajstić information content (AvgIpc) is 3.18. The van der Waals surface area contributed by atoms with Gasteiger partial charge in [0.05, 0.1) is 6.26 Å². The van der Waals surface area contributed by atoms with E-state index in [-0.39, 0.29) is 36.5 Å². The standard InChI is InChI=1S/C23H28N2O4/c1-3-17-4-6-18(7-5-17)20(26)8-9-21(27)25-13-10-19(11-14-25)24-23(28)22-16(2)12-15-29-22/h4-7,12,15,19H,3,8-11,13-14H2,1-2H3,(H,24,28). The van der Waals surface area contributed by atoms with Gasteiger partial charge in [0.1, 0.15) is 0 Å². The van der Waals surface area contributed by atoms with Crippen molar-refractivity contribution in [1.82, 2.24) is 10.2 Å². The van der Waals surface area contributed by atoms with Crippen molar-refractivity contribution >= 4 is 17.6 Å². The van der Waals surface area contributed by atoms with E-state index in [2.05, 4.69) is 12.2 Å². The van der Waals surface area contributed by atoms with Crippen LogP contribution in [0.25, 0.3) is 0 Å². The first-order valence-electron chi connectivity index (χ1n) is 10.2. The number of hydrogen-bond donors (Lipinski definition) is 1. The van der Waals surface area contributed by atoms with E-state index in [1.54, 1.807) is 11.0 Å². The van der Waals surface area contributed by atoms with Gasteiger partial charge in [-0.25, -0.2) is 0 Å². The summed E-state index contributed by atoms with van der Waals surface area (Å²) in [6.45, 7) is 5.07. The molecule has 0 spiro atoms. The van der Waals surface area contributed by atoms with E-state index in [4.69, 9.17) is 4.42 Å². The molecule has 1 aliphatic heterocycles. The number of amides is 2. The molecule has 29 heavy (non-hydrogen) atoms. The normalized spacial score (nSPS) is 14.6. The number of furan rings is 1. The summed E-state index contributed by atoms with van der Waals surface area (Å²) >= 11 is 0. The third-order valence-corrected chi connectivity index (χ3v) is 5.50. The highest BCUT2D eigenvalue weighted by Crippen LogP contribution is 2.16. The third kappa shape index (κ3) is 5.34. The van der Waals surface area contributed by atoms with Gasteiger partial charge in [-0.2, -0.15) is 0 Å². The highest BCUT2D eigenvalue weighted by atomic mass is 16.3. The number of ketones is 1. The van der Waals surface area contributed by atoms with E-state index in [0.717, 1.165) is 12.0 Å². The second-order valence-electron chi connectivity index (χ2n) is 7.53. The van der Waals surface area contributed by atoms with Gasteiger partial charge in [-0.3, -0.25) is 14.4 Å². The van der Waals surface area contributed by atoms with Crippen LogP contribution in [0.3, 0.4) is 0 Å². The number of carbonyl (C=O) groups excluding carboxylic acids is 3. The first kappa shape index (κ1) is 20.8. The molecule has 6 nitrogen and oxygen atoms in total. The molecule has 2 aromatic rings. The Labute approximate surface area is 171 Å². The van der Waals surface area contributed by atoms with Crippen molar-refractivity contribution in [3.8, 4) is 0 Å². The second-order valence-corrected chi connectivity index (χ2v) is 7.53. The maximum Gasteiger partial charge on any atom is 0.287 e. The zero-order valence-electron chi connectivity index (χ0n) is 17.1. The van der Waals surface area contributed by atoms with Crippen LogP contribution in [0.1, 0.15) is 64.6 Å². The monoisotopic (exact) mass is 396 g/mol. The molecular weight excluding hydrogens is 368 g/mol. The van der Waals surface area contributed by atoms with Crippen molar-refractivity contribution < 1.29 is 18.8 Å². The number of piperidine rings is 1. The number of carbonyl (C=O) groups is 3. The number of nitrogens with one attached hydrogen (secondary N) is 1. The summed E-state index contributed by atoms with van der Waals surface area (Å²) in [6.07, 6.45) is 4.28. The minimum absolute atomic E-state index is 0.00281. The van der Waals surface area contributed by atoms with E-state index in [9.17, 15) is 14.4 Å². The Hall–Kier alpha value is -2.89. The summed E-state index contributed by atoms with van der Waals surface area (Å²) in [5.74, 6) is 0.123. The van der Waals surface area contributed by atoms with Crippen molar-refractivity contribution in [3.63, 3.8) is 0 Å². The molecule has 0 radical (unpaired) electrons. The first-order valence-corrected chi connectivity index (χ1v) is 10.2. The fourth-order valence-corrected chi connectivity index (χ4v) is 3.58. The zero-order chi connectivity index (χ0) is 20.8. The minimum Gasteiger partial charge on any atom is -0.459 e. The Kier molecular flexibility index (Phi) is 6.86. The predicted octanol–water partition coefficient (Wildman–Crippen LogP) is 3.53. The van der Waals surface area contributed by atoms with Gasteiger partial charge in [0.15, 0.2) is 11.5 Å². The number of hydrogen-bond acceptors (Lipinski definition) is 4. The summed E-state index contributed by atoms with van der Waals surface area (Å²) < 4.78 is 5.22. The van der Waals surface area contributed by atoms with Gasteiger partial charge in [0.2, 0.25) is 5.91 Å². The Balaban J connectivity index is 1.42. The van der Waals surface area contributed by atoms with Crippen LogP contribution < -0.4 is 5.32 Å². The van der Waals surface area contributed by atoms with Crippen LogP contribution in [-0.2, 0) is 11.2 Å². The van der Waals surface area contributed by atoms with Crippen LogP contribution in [0.5, 0.6) is 0 Å². The van der Waals surface area contributed by atoms with Gasteiger partial charge in [-0.15, -0.1) is 0 Å². The first-order chi connectivity index (χ1) is 14.0. The lowest BCUT2D eigenvalue weighted by atomic mass is 10.0. The van der Waals surface area contributed by atoms with Gasteiger partial charge >= 0.3 is 0 Å². The molecule has 0 unspecified atom stereocenters. The van der Waals surface area contributed by atoms with Crippen molar-refractivity contribution in [2.45, 2.75) is 52.0 Å². The minimum atomic E-state index is -0.211. The van der Waals surface area contributed by atoms with Crippen LogP contribution in [0.15, 0.2) is 41.0 Å². The van der Waals surface area contributed by atoms with E-state index in [1.165, 1.54) is 11.8 Å². The van der Waals surface area contributed by atoms with Gasteiger partial charge in [-0.1, -0.05) is 31.2 Å². The number of benzene rings is 1. The zero-order valence-corrected chi connectivity index (χ0v) is 17.1. The third-order valence-electron chi connectivity index (χ3n) is 5.50. The van der Waals surface area contributed by atoms with Crippen LogP contribution in [-0.4, -0.2) is 41.6 Å². The molecule has 1 aromatic heterocycles. The smallest absolute Gasteiger partial charge is 0.287 e. The summed E-state index contributed by atoms with van der Waals surface area (Å²) in [6, 6.07) is 9.36. The Morgan fingerprint density at radius 3 is 2.34 bits per heavy atom. The van der Waals surface area contributed by atoms with Crippen molar-refractivity contribution in [3.05, 3.63) is 59.0 Å². The topological polar surface area (TPSA) is 79.6 Å². The number of likely N-dealkylation sites (tertiary alicyclic amines) is 1. The molecule has 2 heterocycles. The molecule has 1 fully saturated rings. The molecule has 3 rings (SSSR count). The number of aryl methyl sites for hydroxylation is 2. The Bertz CT molecular complexity index is 861. The van der Waals surface area contributed by atoms with Crippen molar-refractivity contribution in [2.24, 2.45) is 0 Å². The molecule has 1 N–H and O–H groups in total. The quantitative estimate of drug-likeness (QED) is 0.726. The van der Waals surface area contributed by atoms with E-state index in [0.29, 0.717) is 37.3 Å². The van der Waals surface area contributed by atoms with Gasteiger partial charge < -0.3 is 14.6 Å². The molecule has 0 bridgehead atoms. The lowest BCUT2D eigenvalue weighted by Gasteiger charge is -2.32. The highest BCUT2D eigenvalue weighted by molar-refractivity contribution is 5.98. The highest BCUT2D eigenvalue weighted by Gasteiger charge is 2.25. The molecule has 1 aromatic carbocycles. The lowest BCUT2D eigenvalue weighted by Crippen LogP contribution is -2.46. The molecule has 0 saturated carbocycles. The van der Waals surface area contributed by atoms with Gasteiger partial charge in [0, 0.05) is 43.1 Å². The largest absolute Gasteiger partial charge is 0.459 e. The van der Waals surface area contributed by atoms with Gasteiger partial charge in [0.25, 0.3) is 5.91 Å². The molecule has 0 atom stereocenters. The summed E-state index contributed by atoms with van der Waals surface area (Å²) in [5, 5.41) is 2.98. The SMILES string of the molecule is CCc1ccc(C(=O)CCC(=O)N2CCC(NC(=O)c3occc3C)CC2)cc1. The van der Waals surface area contributed by atoms with Crippen molar-refractivity contribution in [2.75, 3.05) is 13.1 Å². The molecule has 0 aliphatic carbocycles. The molecule has 1 aliphatic rings. The molecule has 154 valence electrons. The van der Waals surface area contributed by atoms with Crippen LogP contribution in [0.2, 0.25) is 0 Å². The Morgan fingerprint density at radius 2 is 1.76 bits per heavy atom. The number of rotatable bonds is 7. The summed E-state index contributed by atoms with van der Waals surface area (Å²) in [4.78, 5) is 38.8. The van der Waals surface area contributed by atoms with E-state index < -0.39 is 0 Å². The van der Waals surface area contributed by atoms with Gasteiger partial charge in [-0.05, 0) is 37.8 Å². The van der Waals surface area contributed by atoms with Crippen LogP contribution in [0, 0.1) is 6.92 Å². The lowest BCUT2D eigenvalue weighted by molar-refractivity contribution is -0.132. The average molecular weight is 396 g/mol. The fraction of sp³-hybridized carbons (Fsp3) is 0.435. The fourth-order valence-electron chi connectivity index (χ4n) is 3.58. The number of Topliss-reactive ketones (excluding diaryl/α,β-unsaturated/α-hetero) is 1. The van der Waals surface area contributed by atoms with Crippen LogP contribution in [0.4, 0.5) is 0 Å². The summed E-state index contributed by atoms with van der Waals surface area (Å²) in [5.41, 5.74) is 2.66. The predicted molar refractivity (Wildman–Crippen MR) is 110 cm³/mol. The summed E-state index contributed by atoms with van der Waals surface area (Å²) in [7, 11) is 0. The second kappa shape index (κ2) is 9.54. The Morgan fingerprint density at radius 1 is 1.07 bits per heavy atom. The van der Waals surface area contributed by atoms with E-state index >= 15 is 0 Å². The maximum absolute atomic E-state index is 12.5. The maximum atomic E-state index is 12.5. The molecular formula is C23H28N2O4. The van der Waals surface area contributed by atoms with Crippen LogP contribution >= 0.6 is 0 Å². The molecule has 1 saturated heterocycles. The van der Waals surface area contributed by atoms with Crippen molar-refractivity contribution in [1.29, 1.82) is 0 Å². The number of nitrogens with zero attached hydrogens (tertiary/aromatic N) is 1. The van der Waals surface area contributed by atoms with E-state index in [1.807, 2.05) is 31.2 Å². The molecule has 2 amide bonds. The molecule has 6 heteroatoms.